The Morgan fingerprint density at radius 2 is 1.90 bits per heavy atom. The molecule has 0 spiro atoms. The third kappa shape index (κ3) is 3.87. The highest BCUT2D eigenvalue weighted by Gasteiger charge is 2.76. The van der Waals surface area contributed by atoms with Gasteiger partial charge in [-0.15, -0.1) is 23.5 Å². The van der Waals surface area contributed by atoms with Crippen LogP contribution in [-0.2, 0) is 28.7 Å². The van der Waals surface area contributed by atoms with Gasteiger partial charge < -0.3 is 14.6 Å². The van der Waals surface area contributed by atoms with E-state index in [4.69, 9.17) is 9.47 Å². The van der Waals surface area contributed by atoms with Crippen LogP contribution in [0.3, 0.4) is 0 Å². The van der Waals surface area contributed by atoms with Crippen LogP contribution >= 0.6 is 35.3 Å². The van der Waals surface area contributed by atoms with E-state index in [1.165, 1.54) is 42.6 Å². The first-order chi connectivity index (χ1) is 18.9. The first-order valence-electron chi connectivity index (χ1n) is 13.7. The smallest absolute Gasteiger partial charge is 0.330 e. The van der Waals surface area contributed by atoms with Crippen molar-refractivity contribution in [2.45, 2.75) is 79.3 Å². The summed E-state index contributed by atoms with van der Waals surface area (Å²) in [7, 11) is 0. The monoisotopic (exact) mass is 614 g/mol. The highest BCUT2D eigenvalue weighted by atomic mass is 32.2. The molecule has 0 aromatic carbocycles. The molecule has 2 saturated heterocycles. The maximum absolute atomic E-state index is 17.5. The van der Waals surface area contributed by atoms with Crippen molar-refractivity contribution in [2.75, 3.05) is 18.1 Å². The van der Waals surface area contributed by atoms with Gasteiger partial charge in [-0.2, -0.15) is 0 Å². The van der Waals surface area contributed by atoms with Gasteiger partial charge in [-0.3, -0.25) is 14.4 Å². The van der Waals surface area contributed by atoms with E-state index in [1.807, 2.05) is 0 Å². The summed E-state index contributed by atoms with van der Waals surface area (Å²) in [5.41, 5.74) is -6.76. The lowest BCUT2D eigenvalue weighted by molar-refractivity contribution is -0.225. The standard InChI is InChI=1S/C28H32F2O7S3/c1-25-6-3-14(31)11-17(25)18(29)12-16-15-4-7-27(37-22(34)23-38-9-10-39-23,24(35)40-19-5-8-36-21(19)33)26(15,2)13-20(32)28(16,25)30/h3,6,11,15-16,18-20,23,32H,4-5,7-10,12-13H2,1-2H3/t15?,16?,18-,19-,20-,25-,26-,27-,28-/m0/s1. The lowest BCUT2D eigenvalue weighted by Crippen LogP contribution is -2.70. The molecule has 218 valence electrons. The third-order valence-corrected chi connectivity index (χ3v) is 14.5. The summed E-state index contributed by atoms with van der Waals surface area (Å²) in [4.78, 5) is 51.9. The number of fused-ring (bicyclic) bond motifs is 5. The van der Waals surface area contributed by atoms with Crippen molar-refractivity contribution in [1.29, 1.82) is 0 Å². The van der Waals surface area contributed by atoms with Crippen LogP contribution in [0.5, 0.6) is 0 Å². The number of aliphatic hydroxyl groups is 1. The molecule has 2 unspecified atom stereocenters. The number of hydrogen-bond acceptors (Lipinski definition) is 10. The van der Waals surface area contributed by atoms with Gasteiger partial charge in [0.05, 0.1) is 12.7 Å². The van der Waals surface area contributed by atoms with Gasteiger partial charge in [0, 0.05) is 34.7 Å². The third-order valence-electron chi connectivity index (χ3n) is 10.3. The van der Waals surface area contributed by atoms with Crippen molar-refractivity contribution >= 4 is 58.1 Å². The molecule has 40 heavy (non-hydrogen) atoms. The van der Waals surface area contributed by atoms with Crippen LogP contribution in [0.15, 0.2) is 23.8 Å². The molecule has 5 fully saturated rings. The number of hydrogen-bond donors (Lipinski definition) is 1. The topological polar surface area (TPSA) is 107 Å². The molecule has 12 heteroatoms. The van der Waals surface area contributed by atoms with Crippen molar-refractivity contribution in [3.8, 4) is 0 Å². The van der Waals surface area contributed by atoms with Crippen LogP contribution in [0.1, 0.15) is 46.0 Å². The average molecular weight is 615 g/mol. The summed E-state index contributed by atoms with van der Waals surface area (Å²) >= 11 is 3.65. The second-order valence-corrected chi connectivity index (χ2v) is 16.0. The van der Waals surface area contributed by atoms with E-state index in [0.717, 1.165) is 29.3 Å². The minimum atomic E-state index is -2.30. The summed E-state index contributed by atoms with van der Waals surface area (Å²) in [6.45, 7) is 3.46. The Bertz CT molecular complexity index is 1220. The van der Waals surface area contributed by atoms with Crippen molar-refractivity contribution in [3.05, 3.63) is 23.8 Å². The highest BCUT2D eigenvalue weighted by molar-refractivity contribution is 8.21. The number of halogens is 2. The van der Waals surface area contributed by atoms with Gasteiger partial charge in [-0.25, -0.2) is 13.6 Å². The number of alkyl halides is 2. The van der Waals surface area contributed by atoms with Crippen LogP contribution in [0.2, 0.25) is 0 Å². The van der Waals surface area contributed by atoms with Gasteiger partial charge in [-0.1, -0.05) is 24.8 Å². The number of ketones is 1. The highest BCUT2D eigenvalue weighted by Crippen LogP contribution is 2.71. The number of carbonyl (C=O) groups excluding carboxylic acids is 4. The number of ether oxygens (including phenoxy) is 2. The lowest BCUT2D eigenvalue weighted by atomic mass is 9.44. The second kappa shape index (κ2) is 9.84. The van der Waals surface area contributed by atoms with E-state index in [1.54, 1.807) is 6.92 Å². The maximum atomic E-state index is 17.5. The first kappa shape index (κ1) is 28.7. The molecule has 1 N–H and O–H groups in total. The molecule has 0 radical (unpaired) electrons. The Morgan fingerprint density at radius 3 is 2.58 bits per heavy atom. The minimum Gasteiger partial charge on any atom is -0.465 e. The number of cyclic esters (lactones) is 1. The van der Waals surface area contributed by atoms with Crippen LogP contribution in [0.4, 0.5) is 8.78 Å². The Balaban J connectivity index is 1.41. The molecular weight excluding hydrogens is 582 g/mol. The van der Waals surface area contributed by atoms with E-state index in [9.17, 15) is 24.3 Å². The van der Waals surface area contributed by atoms with Gasteiger partial charge in [0.2, 0.25) is 5.12 Å². The van der Waals surface area contributed by atoms with Crippen LogP contribution in [0.25, 0.3) is 0 Å². The zero-order valence-electron chi connectivity index (χ0n) is 22.2. The molecule has 7 nitrogen and oxygen atoms in total. The largest absolute Gasteiger partial charge is 0.465 e. The predicted molar refractivity (Wildman–Crippen MR) is 148 cm³/mol. The van der Waals surface area contributed by atoms with E-state index in [2.05, 4.69) is 0 Å². The summed E-state index contributed by atoms with van der Waals surface area (Å²) in [5.74, 6) is -1.55. The summed E-state index contributed by atoms with van der Waals surface area (Å²) in [6, 6.07) is 0. The van der Waals surface area contributed by atoms with Crippen molar-refractivity contribution in [2.24, 2.45) is 22.7 Å². The number of thioether (sulfide) groups is 3. The number of aliphatic hydroxyl groups excluding tert-OH is 1. The van der Waals surface area contributed by atoms with Gasteiger partial charge in [0.25, 0.3) is 0 Å². The molecule has 6 rings (SSSR count). The number of allylic oxidation sites excluding steroid dienone is 4. The Hall–Kier alpha value is -1.37. The molecule has 4 aliphatic carbocycles. The SMILES string of the molecule is C[C@]12C=CC(=O)C=C1[C@@H](F)CC1C3CC[C@](OC(=O)C4SCCS4)(C(=O)S[C@H]4CCOC4=O)[C@@]3(C)C[C@H](O)[C@@]12F. The molecule has 2 heterocycles. The Morgan fingerprint density at radius 1 is 1.18 bits per heavy atom. The molecule has 0 bridgehead atoms. The quantitative estimate of drug-likeness (QED) is 0.468. The van der Waals surface area contributed by atoms with E-state index >= 15 is 8.78 Å². The molecule has 0 aromatic rings. The number of esters is 2. The van der Waals surface area contributed by atoms with Gasteiger partial charge in [0.1, 0.15) is 16.0 Å². The van der Waals surface area contributed by atoms with Gasteiger partial charge >= 0.3 is 11.9 Å². The molecule has 0 amide bonds. The zero-order chi connectivity index (χ0) is 28.7. The van der Waals surface area contributed by atoms with Crippen molar-refractivity contribution in [1.82, 2.24) is 0 Å². The van der Waals surface area contributed by atoms with E-state index in [-0.39, 0.29) is 37.9 Å². The average Bonchev–Trinajstić information content (AvgIpc) is 3.64. The zero-order valence-corrected chi connectivity index (χ0v) is 24.7. The molecule has 9 atom stereocenters. The normalized spacial score (nSPS) is 46.3. The number of carbonyl (C=O) groups is 4. The summed E-state index contributed by atoms with van der Waals surface area (Å²) in [5, 5.41) is 10.4. The number of rotatable bonds is 4. The van der Waals surface area contributed by atoms with Crippen LogP contribution in [0, 0.1) is 22.7 Å². The minimum absolute atomic E-state index is 0.0266. The lowest BCUT2D eigenvalue weighted by Gasteiger charge is -2.63. The van der Waals surface area contributed by atoms with Crippen LogP contribution in [-0.4, -0.2) is 79.4 Å². The van der Waals surface area contributed by atoms with Gasteiger partial charge in [-0.05, 0) is 56.3 Å². The Labute approximate surface area is 244 Å². The fraction of sp³-hybridized carbons (Fsp3) is 0.714. The molecule has 2 aliphatic heterocycles. The maximum Gasteiger partial charge on any atom is 0.330 e. The summed E-state index contributed by atoms with van der Waals surface area (Å²) < 4.78 is 44.0. The van der Waals surface area contributed by atoms with Crippen LogP contribution < -0.4 is 0 Å². The van der Waals surface area contributed by atoms with E-state index < -0.39 is 78.9 Å². The van der Waals surface area contributed by atoms with Crippen molar-refractivity contribution in [3.63, 3.8) is 0 Å². The Kier molecular flexibility index (Phi) is 7.07. The fourth-order valence-corrected chi connectivity index (χ4v) is 12.0. The molecular formula is C28H32F2O7S3. The molecule has 0 aromatic heterocycles. The molecule has 6 aliphatic rings. The van der Waals surface area contributed by atoms with Gasteiger partial charge in [0.15, 0.2) is 17.1 Å². The first-order valence-corrected chi connectivity index (χ1v) is 16.7. The summed E-state index contributed by atoms with van der Waals surface area (Å²) in [6.07, 6.45) is 0.746. The van der Waals surface area contributed by atoms with E-state index in [0.29, 0.717) is 6.42 Å². The second-order valence-electron chi connectivity index (χ2n) is 12.1. The fourth-order valence-electron chi connectivity index (χ4n) is 8.26. The predicted octanol–water partition coefficient (Wildman–Crippen LogP) is 3.97. The molecule has 3 saturated carbocycles. The van der Waals surface area contributed by atoms with Crippen molar-refractivity contribution < 1.29 is 42.5 Å².